The molecule has 1 heterocycles. The van der Waals surface area contributed by atoms with Crippen LogP contribution in [0.1, 0.15) is 31.7 Å². The third kappa shape index (κ3) is 3.07. The van der Waals surface area contributed by atoms with E-state index in [0.717, 1.165) is 44.5 Å². The summed E-state index contributed by atoms with van der Waals surface area (Å²) < 4.78 is 10.6. The van der Waals surface area contributed by atoms with Crippen LogP contribution in [0.4, 0.5) is 0 Å². The van der Waals surface area contributed by atoms with Crippen LogP contribution in [0.25, 0.3) is 0 Å². The Morgan fingerprint density at radius 3 is 2.55 bits per heavy atom. The first-order valence-electron chi connectivity index (χ1n) is 7.30. The van der Waals surface area contributed by atoms with E-state index < -0.39 is 5.60 Å². The first-order valence-corrected chi connectivity index (χ1v) is 7.30. The van der Waals surface area contributed by atoms with Gasteiger partial charge in [0.15, 0.2) is 11.5 Å². The maximum absolute atomic E-state index is 11.0. The quantitative estimate of drug-likeness (QED) is 0.919. The van der Waals surface area contributed by atoms with Crippen molar-refractivity contribution in [3.8, 4) is 11.5 Å². The minimum absolute atomic E-state index is 0.676. The molecule has 112 valence electrons. The molecule has 1 atom stereocenters. The highest BCUT2D eigenvalue weighted by atomic mass is 16.5. The van der Waals surface area contributed by atoms with Crippen LogP contribution in [-0.2, 0) is 5.60 Å². The second-order valence-electron chi connectivity index (χ2n) is 5.39. The highest BCUT2D eigenvalue weighted by molar-refractivity contribution is 5.44. The van der Waals surface area contributed by atoms with Gasteiger partial charge in [-0.2, -0.15) is 0 Å². The first kappa shape index (κ1) is 15.1. The largest absolute Gasteiger partial charge is 0.493 e. The highest BCUT2D eigenvalue weighted by Gasteiger charge is 2.32. The van der Waals surface area contributed by atoms with Crippen LogP contribution in [0.3, 0.4) is 0 Å². The fourth-order valence-corrected chi connectivity index (χ4v) is 2.91. The molecule has 0 amide bonds. The lowest BCUT2D eigenvalue weighted by atomic mass is 9.86. The van der Waals surface area contributed by atoms with Gasteiger partial charge in [0, 0.05) is 6.54 Å². The van der Waals surface area contributed by atoms with E-state index in [0.29, 0.717) is 11.5 Å². The van der Waals surface area contributed by atoms with Gasteiger partial charge in [-0.1, -0.05) is 13.0 Å². The molecule has 1 aromatic rings. The monoisotopic (exact) mass is 279 g/mol. The molecule has 0 bridgehead atoms. The van der Waals surface area contributed by atoms with Crippen molar-refractivity contribution in [2.24, 2.45) is 0 Å². The van der Waals surface area contributed by atoms with Crippen LogP contribution in [0.15, 0.2) is 18.2 Å². The number of aliphatic hydroxyl groups is 1. The summed E-state index contributed by atoms with van der Waals surface area (Å²) in [6.07, 6.45) is 2.56. The molecular formula is C16H25NO3. The molecule has 1 saturated heterocycles. The number of hydrogen-bond acceptors (Lipinski definition) is 4. The van der Waals surface area contributed by atoms with Crippen molar-refractivity contribution in [3.05, 3.63) is 23.8 Å². The molecule has 1 N–H and O–H groups in total. The average Bonchev–Trinajstić information content (AvgIpc) is 2.69. The lowest BCUT2D eigenvalue weighted by Crippen LogP contribution is -2.29. The molecule has 0 aliphatic carbocycles. The van der Waals surface area contributed by atoms with E-state index in [1.54, 1.807) is 14.2 Å². The average molecular weight is 279 g/mol. The molecule has 1 fully saturated rings. The standard InChI is InChI=1S/C16H25NO3/c1-4-17-10-5-8-16(18,9-11-17)13-6-7-14(19-2)15(12-13)20-3/h6-7,12,18H,4-5,8-11H2,1-3H3. The van der Waals surface area contributed by atoms with Gasteiger partial charge < -0.3 is 19.5 Å². The van der Waals surface area contributed by atoms with Gasteiger partial charge in [-0.05, 0) is 50.0 Å². The summed E-state index contributed by atoms with van der Waals surface area (Å²) >= 11 is 0. The molecule has 4 heteroatoms. The van der Waals surface area contributed by atoms with Crippen molar-refractivity contribution >= 4 is 0 Å². The zero-order valence-corrected chi connectivity index (χ0v) is 12.7. The Hall–Kier alpha value is -1.26. The minimum Gasteiger partial charge on any atom is -0.493 e. The smallest absolute Gasteiger partial charge is 0.161 e. The van der Waals surface area contributed by atoms with Crippen molar-refractivity contribution < 1.29 is 14.6 Å². The molecular weight excluding hydrogens is 254 g/mol. The number of nitrogens with zero attached hydrogens (tertiary/aromatic N) is 1. The predicted octanol–water partition coefficient (Wildman–Crippen LogP) is 2.40. The molecule has 2 rings (SSSR count). The zero-order valence-electron chi connectivity index (χ0n) is 12.7. The summed E-state index contributed by atoms with van der Waals surface area (Å²) in [6.45, 7) is 5.20. The van der Waals surface area contributed by atoms with Crippen LogP contribution < -0.4 is 9.47 Å². The number of likely N-dealkylation sites (tertiary alicyclic amines) is 1. The lowest BCUT2D eigenvalue weighted by molar-refractivity contribution is 0.0211. The minimum atomic E-state index is -0.760. The Morgan fingerprint density at radius 1 is 1.15 bits per heavy atom. The van der Waals surface area contributed by atoms with E-state index >= 15 is 0 Å². The third-order valence-electron chi connectivity index (χ3n) is 4.27. The van der Waals surface area contributed by atoms with Gasteiger partial charge in [0.1, 0.15) is 0 Å². The number of rotatable bonds is 4. The van der Waals surface area contributed by atoms with E-state index in [4.69, 9.17) is 9.47 Å². The number of ether oxygens (including phenoxy) is 2. The van der Waals surface area contributed by atoms with Gasteiger partial charge in [-0.25, -0.2) is 0 Å². The Bertz CT molecular complexity index is 449. The molecule has 1 unspecified atom stereocenters. The molecule has 0 spiro atoms. The van der Waals surface area contributed by atoms with Gasteiger partial charge in [-0.15, -0.1) is 0 Å². The molecule has 0 aromatic heterocycles. The summed E-state index contributed by atoms with van der Waals surface area (Å²) in [6, 6.07) is 5.72. The molecule has 1 aliphatic heterocycles. The Labute approximate surface area is 121 Å². The van der Waals surface area contributed by atoms with Crippen molar-refractivity contribution in [1.29, 1.82) is 0 Å². The summed E-state index contributed by atoms with van der Waals surface area (Å²) in [4.78, 5) is 2.39. The second kappa shape index (κ2) is 6.46. The lowest BCUT2D eigenvalue weighted by Gasteiger charge is -2.28. The predicted molar refractivity (Wildman–Crippen MR) is 79.4 cm³/mol. The van der Waals surface area contributed by atoms with Crippen molar-refractivity contribution in [1.82, 2.24) is 4.90 Å². The summed E-state index contributed by atoms with van der Waals surface area (Å²) in [7, 11) is 3.24. The number of hydrogen-bond donors (Lipinski definition) is 1. The van der Waals surface area contributed by atoms with Gasteiger partial charge in [0.25, 0.3) is 0 Å². The molecule has 20 heavy (non-hydrogen) atoms. The number of benzene rings is 1. The Kier molecular flexibility index (Phi) is 4.89. The Balaban J connectivity index is 2.25. The number of methoxy groups -OCH3 is 2. The van der Waals surface area contributed by atoms with Crippen LogP contribution in [0.5, 0.6) is 11.5 Å². The van der Waals surface area contributed by atoms with Crippen LogP contribution in [0.2, 0.25) is 0 Å². The molecule has 0 radical (unpaired) electrons. The fraction of sp³-hybridized carbons (Fsp3) is 0.625. The van der Waals surface area contributed by atoms with E-state index in [9.17, 15) is 5.11 Å². The maximum atomic E-state index is 11.0. The Morgan fingerprint density at radius 2 is 1.90 bits per heavy atom. The van der Waals surface area contributed by atoms with Crippen LogP contribution in [0, 0.1) is 0 Å². The van der Waals surface area contributed by atoms with E-state index in [-0.39, 0.29) is 0 Å². The van der Waals surface area contributed by atoms with Crippen molar-refractivity contribution in [2.45, 2.75) is 31.8 Å². The van der Waals surface area contributed by atoms with Crippen molar-refractivity contribution in [3.63, 3.8) is 0 Å². The van der Waals surface area contributed by atoms with Crippen LogP contribution >= 0.6 is 0 Å². The van der Waals surface area contributed by atoms with E-state index in [1.165, 1.54) is 0 Å². The van der Waals surface area contributed by atoms with Gasteiger partial charge in [0.2, 0.25) is 0 Å². The van der Waals surface area contributed by atoms with E-state index in [1.807, 2.05) is 18.2 Å². The van der Waals surface area contributed by atoms with Crippen molar-refractivity contribution in [2.75, 3.05) is 33.9 Å². The summed E-state index contributed by atoms with van der Waals surface area (Å²) in [5.74, 6) is 1.37. The van der Waals surface area contributed by atoms with Crippen LogP contribution in [-0.4, -0.2) is 43.9 Å². The zero-order chi connectivity index (χ0) is 14.6. The molecule has 0 saturated carbocycles. The summed E-state index contributed by atoms with van der Waals surface area (Å²) in [5, 5.41) is 11.0. The third-order valence-corrected chi connectivity index (χ3v) is 4.27. The molecule has 1 aliphatic rings. The second-order valence-corrected chi connectivity index (χ2v) is 5.39. The topological polar surface area (TPSA) is 41.9 Å². The highest BCUT2D eigenvalue weighted by Crippen LogP contribution is 2.37. The SMILES string of the molecule is CCN1CCCC(O)(c2ccc(OC)c(OC)c2)CC1. The normalized spacial score (nSPS) is 24.2. The molecule has 4 nitrogen and oxygen atoms in total. The summed E-state index contributed by atoms with van der Waals surface area (Å²) in [5.41, 5.74) is 0.164. The van der Waals surface area contributed by atoms with E-state index in [2.05, 4.69) is 11.8 Å². The maximum Gasteiger partial charge on any atom is 0.161 e. The van der Waals surface area contributed by atoms with Gasteiger partial charge in [0.05, 0.1) is 19.8 Å². The molecule has 1 aromatic carbocycles. The first-order chi connectivity index (χ1) is 9.62. The fourth-order valence-electron chi connectivity index (χ4n) is 2.91. The van der Waals surface area contributed by atoms with Gasteiger partial charge in [-0.3, -0.25) is 0 Å². The van der Waals surface area contributed by atoms with Gasteiger partial charge >= 0.3 is 0 Å².